The Morgan fingerprint density at radius 3 is 2.42 bits per heavy atom. The Hall–Kier alpha value is -0.890. The molecule has 0 spiro atoms. The highest BCUT2D eigenvalue weighted by atomic mass is 14.9. The molecule has 0 aliphatic carbocycles. The molecule has 1 aromatic rings. The summed E-state index contributed by atoms with van der Waals surface area (Å²) in [7, 11) is 0. The van der Waals surface area contributed by atoms with Gasteiger partial charge in [-0.15, -0.1) is 0 Å². The van der Waals surface area contributed by atoms with Crippen molar-refractivity contribution in [2.24, 2.45) is 0 Å². The molecule has 108 valence electrons. The van der Waals surface area contributed by atoms with Crippen molar-refractivity contribution in [3.8, 4) is 0 Å². The molecule has 0 radical (unpaired) electrons. The molecule has 1 aromatic heterocycles. The zero-order chi connectivity index (χ0) is 13.8. The average Bonchev–Trinajstić information content (AvgIpc) is 2.46. The molecular weight excluding hydrogens is 232 g/mol. The maximum Gasteiger partial charge on any atom is 0.0335 e. The molecule has 0 fully saturated rings. The van der Waals surface area contributed by atoms with E-state index in [4.69, 9.17) is 0 Å². The van der Waals surface area contributed by atoms with E-state index in [9.17, 15) is 0 Å². The molecule has 1 heterocycles. The molecule has 0 saturated carbocycles. The first-order chi connectivity index (χ1) is 9.38. The fourth-order valence-corrected chi connectivity index (χ4v) is 2.52. The standard InChI is InChI=1S/C17H30N2/c1-3-5-6-7-8-9-10-13-17(19-4-2)16-12-11-14-18-15-16/h11-12,14-15,17,19H,3-10,13H2,1-2H3. The summed E-state index contributed by atoms with van der Waals surface area (Å²) < 4.78 is 0. The van der Waals surface area contributed by atoms with Gasteiger partial charge in [0.15, 0.2) is 0 Å². The van der Waals surface area contributed by atoms with Crippen LogP contribution in [0, 0.1) is 0 Å². The van der Waals surface area contributed by atoms with Crippen LogP contribution >= 0.6 is 0 Å². The number of nitrogens with one attached hydrogen (secondary N) is 1. The molecule has 1 unspecified atom stereocenters. The van der Waals surface area contributed by atoms with Crippen molar-refractivity contribution in [2.45, 2.75) is 71.3 Å². The van der Waals surface area contributed by atoms with E-state index in [0.29, 0.717) is 6.04 Å². The Morgan fingerprint density at radius 2 is 1.79 bits per heavy atom. The van der Waals surface area contributed by atoms with Crippen LogP contribution in [0.1, 0.15) is 76.8 Å². The molecule has 2 nitrogen and oxygen atoms in total. The topological polar surface area (TPSA) is 24.9 Å². The van der Waals surface area contributed by atoms with Crippen LogP contribution in [0.25, 0.3) is 0 Å². The van der Waals surface area contributed by atoms with E-state index in [0.717, 1.165) is 6.54 Å². The summed E-state index contributed by atoms with van der Waals surface area (Å²) in [6, 6.07) is 4.70. The molecular formula is C17H30N2. The summed E-state index contributed by atoms with van der Waals surface area (Å²) in [5.41, 5.74) is 1.33. The number of pyridine rings is 1. The van der Waals surface area contributed by atoms with Crippen LogP contribution in [0.4, 0.5) is 0 Å². The lowest BCUT2D eigenvalue weighted by Crippen LogP contribution is -2.20. The first kappa shape index (κ1) is 16.2. The molecule has 0 aliphatic rings. The molecule has 1 atom stereocenters. The fraction of sp³-hybridized carbons (Fsp3) is 0.706. The van der Waals surface area contributed by atoms with Crippen LogP contribution in [0.5, 0.6) is 0 Å². The van der Waals surface area contributed by atoms with Gasteiger partial charge in [0.2, 0.25) is 0 Å². The lowest BCUT2D eigenvalue weighted by Gasteiger charge is -2.17. The lowest BCUT2D eigenvalue weighted by atomic mass is 10.0. The molecule has 1 rings (SSSR count). The molecule has 0 amide bonds. The van der Waals surface area contributed by atoms with Crippen molar-refractivity contribution in [3.05, 3.63) is 30.1 Å². The zero-order valence-electron chi connectivity index (χ0n) is 12.7. The highest BCUT2D eigenvalue weighted by Crippen LogP contribution is 2.19. The Bertz CT molecular complexity index is 297. The maximum absolute atomic E-state index is 4.23. The molecule has 0 saturated heterocycles. The van der Waals surface area contributed by atoms with Crippen molar-refractivity contribution in [3.63, 3.8) is 0 Å². The molecule has 2 heteroatoms. The number of aromatic nitrogens is 1. The third-order valence-corrected chi connectivity index (χ3v) is 3.63. The zero-order valence-corrected chi connectivity index (χ0v) is 12.7. The molecule has 0 aliphatic heterocycles. The summed E-state index contributed by atoms with van der Waals surface area (Å²) in [4.78, 5) is 4.23. The first-order valence-electron chi connectivity index (χ1n) is 8.01. The predicted molar refractivity (Wildman–Crippen MR) is 83.3 cm³/mol. The quantitative estimate of drug-likeness (QED) is 0.575. The van der Waals surface area contributed by atoms with E-state index in [1.165, 1.54) is 56.9 Å². The number of unbranched alkanes of at least 4 members (excludes halogenated alkanes) is 6. The van der Waals surface area contributed by atoms with E-state index in [1.807, 2.05) is 18.5 Å². The van der Waals surface area contributed by atoms with Gasteiger partial charge in [-0.2, -0.15) is 0 Å². The maximum atomic E-state index is 4.23. The Kier molecular flexibility index (Phi) is 9.34. The number of hydrogen-bond acceptors (Lipinski definition) is 2. The van der Waals surface area contributed by atoms with Crippen LogP contribution in [0.15, 0.2) is 24.5 Å². The normalized spacial score (nSPS) is 12.5. The van der Waals surface area contributed by atoms with Gasteiger partial charge >= 0.3 is 0 Å². The summed E-state index contributed by atoms with van der Waals surface area (Å²) in [6.07, 6.45) is 14.7. The highest BCUT2D eigenvalue weighted by Gasteiger charge is 2.09. The van der Waals surface area contributed by atoms with Crippen molar-refractivity contribution in [2.75, 3.05) is 6.54 Å². The number of nitrogens with zero attached hydrogens (tertiary/aromatic N) is 1. The van der Waals surface area contributed by atoms with Gasteiger partial charge < -0.3 is 5.32 Å². The second-order valence-corrected chi connectivity index (χ2v) is 5.31. The van der Waals surface area contributed by atoms with E-state index in [2.05, 4.69) is 30.2 Å². The van der Waals surface area contributed by atoms with Crippen molar-refractivity contribution in [1.82, 2.24) is 10.3 Å². The van der Waals surface area contributed by atoms with Crippen LogP contribution in [0.3, 0.4) is 0 Å². The van der Waals surface area contributed by atoms with Crippen LogP contribution in [0.2, 0.25) is 0 Å². The highest BCUT2D eigenvalue weighted by molar-refractivity contribution is 5.13. The van der Waals surface area contributed by atoms with Gasteiger partial charge in [-0.05, 0) is 24.6 Å². The van der Waals surface area contributed by atoms with Gasteiger partial charge in [-0.1, -0.05) is 64.9 Å². The van der Waals surface area contributed by atoms with Crippen molar-refractivity contribution < 1.29 is 0 Å². The van der Waals surface area contributed by atoms with E-state index in [-0.39, 0.29) is 0 Å². The van der Waals surface area contributed by atoms with Gasteiger partial charge in [0.05, 0.1) is 0 Å². The van der Waals surface area contributed by atoms with E-state index in [1.54, 1.807) is 0 Å². The summed E-state index contributed by atoms with van der Waals surface area (Å²) in [5.74, 6) is 0. The third kappa shape index (κ3) is 7.31. The van der Waals surface area contributed by atoms with Gasteiger partial charge in [-0.25, -0.2) is 0 Å². The van der Waals surface area contributed by atoms with Crippen LogP contribution in [-0.4, -0.2) is 11.5 Å². The van der Waals surface area contributed by atoms with Crippen molar-refractivity contribution >= 4 is 0 Å². The van der Waals surface area contributed by atoms with E-state index >= 15 is 0 Å². The minimum atomic E-state index is 0.481. The van der Waals surface area contributed by atoms with Gasteiger partial charge in [0.1, 0.15) is 0 Å². The Balaban J connectivity index is 2.20. The summed E-state index contributed by atoms with van der Waals surface area (Å²) in [6.45, 7) is 5.47. The second-order valence-electron chi connectivity index (χ2n) is 5.31. The largest absolute Gasteiger partial charge is 0.310 e. The average molecular weight is 262 g/mol. The first-order valence-corrected chi connectivity index (χ1v) is 8.01. The molecule has 0 bridgehead atoms. The fourth-order valence-electron chi connectivity index (χ4n) is 2.52. The van der Waals surface area contributed by atoms with E-state index < -0.39 is 0 Å². The minimum absolute atomic E-state index is 0.481. The molecule has 1 N–H and O–H groups in total. The van der Waals surface area contributed by atoms with Gasteiger partial charge in [0, 0.05) is 18.4 Å². The second kappa shape index (κ2) is 11.0. The monoisotopic (exact) mass is 262 g/mol. The van der Waals surface area contributed by atoms with Gasteiger partial charge in [0.25, 0.3) is 0 Å². The van der Waals surface area contributed by atoms with Crippen LogP contribution < -0.4 is 5.32 Å². The SMILES string of the molecule is CCCCCCCCCC(NCC)c1cccnc1. The predicted octanol–water partition coefficient (Wildman–Crippen LogP) is 4.87. The number of rotatable bonds is 11. The minimum Gasteiger partial charge on any atom is -0.310 e. The van der Waals surface area contributed by atoms with Gasteiger partial charge in [-0.3, -0.25) is 4.98 Å². The lowest BCUT2D eigenvalue weighted by molar-refractivity contribution is 0.475. The van der Waals surface area contributed by atoms with Crippen molar-refractivity contribution in [1.29, 1.82) is 0 Å². The molecule has 19 heavy (non-hydrogen) atoms. The summed E-state index contributed by atoms with van der Waals surface area (Å²) >= 11 is 0. The number of hydrogen-bond donors (Lipinski definition) is 1. The Morgan fingerprint density at radius 1 is 1.05 bits per heavy atom. The third-order valence-electron chi connectivity index (χ3n) is 3.63. The van der Waals surface area contributed by atoms with Crippen LogP contribution in [-0.2, 0) is 0 Å². The Labute approximate surface area is 119 Å². The molecule has 0 aromatic carbocycles. The smallest absolute Gasteiger partial charge is 0.0335 e. The summed E-state index contributed by atoms with van der Waals surface area (Å²) in [5, 5.41) is 3.57.